The molecule has 0 aromatic carbocycles. The van der Waals surface area contributed by atoms with Crippen LogP contribution in [-0.2, 0) is 24.6 Å². The Kier molecular flexibility index (Phi) is 8.97. The first-order valence-electron chi connectivity index (χ1n) is 8.15. The number of nitrogens with zero attached hydrogens (tertiary/aromatic N) is 2. The first-order valence-corrected chi connectivity index (χ1v) is 8.53. The van der Waals surface area contributed by atoms with Crippen molar-refractivity contribution in [3.63, 3.8) is 0 Å². The van der Waals surface area contributed by atoms with Crippen LogP contribution < -0.4 is 5.32 Å². The molecule has 122 valence electrons. The Morgan fingerprint density at radius 2 is 2.00 bits per heavy atom. The van der Waals surface area contributed by atoms with Crippen LogP contribution >= 0.6 is 11.6 Å². The summed E-state index contributed by atoms with van der Waals surface area (Å²) in [5.74, 6) is 0. The second-order valence-corrected chi connectivity index (χ2v) is 5.82. The average molecular weight is 316 g/mol. The summed E-state index contributed by atoms with van der Waals surface area (Å²) in [5, 5.41) is 8.93. The second kappa shape index (κ2) is 10.2. The Balaban J connectivity index is 2.64. The molecule has 0 aliphatic rings. The normalized spacial score (nSPS) is 12.8. The Morgan fingerprint density at radius 3 is 2.57 bits per heavy atom. The Hall–Kier alpha value is -0.580. The van der Waals surface area contributed by atoms with E-state index in [9.17, 15) is 0 Å². The smallest absolute Gasteiger partial charge is 0.0850 e. The Bertz CT molecular complexity index is 406. The lowest BCUT2D eigenvalue weighted by Gasteiger charge is -2.19. The van der Waals surface area contributed by atoms with Crippen LogP contribution in [0.4, 0.5) is 0 Å². The van der Waals surface area contributed by atoms with Crippen LogP contribution in [0.1, 0.15) is 51.4 Å². The number of hydrogen-bond acceptors (Lipinski definition) is 3. The summed E-state index contributed by atoms with van der Waals surface area (Å²) in [6.07, 6.45) is 4.98. The minimum Gasteiger partial charge on any atom is -0.381 e. The molecule has 0 spiro atoms. The molecule has 21 heavy (non-hydrogen) atoms. The maximum absolute atomic E-state index is 6.45. The third kappa shape index (κ3) is 5.97. The summed E-state index contributed by atoms with van der Waals surface area (Å²) in [5.41, 5.74) is 2.11. The number of nitrogens with one attached hydrogen (secondary N) is 1. The van der Waals surface area contributed by atoms with Crippen molar-refractivity contribution < 1.29 is 4.74 Å². The van der Waals surface area contributed by atoms with Crippen LogP contribution in [0.15, 0.2) is 0 Å². The SMILES string of the molecule is CCCNC(CCOCCC)Cc1c(Cl)c(CC)nn1C. The fourth-order valence-corrected chi connectivity index (χ4v) is 2.74. The monoisotopic (exact) mass is 315 g/mol. The molecular weight excluding hydrogens is 286 g/mol. The van der Waals surface area contributed by atoms with Crippen LogP contribution in [-0.4, -0.2) is 35.6 Å². The van der Waals surface area contributed by atoms with Gasteiger partial charge >= 0.3 is 0 Å². The predicted molar refractivity (Wildman–Crippen MR) is 89.1 cm³/mol. The molecule has 1 heterocycles. The molecule has 0 amide bonds. The highest BCUT2D eigenvalue weighted by molar-refractivity contribution is 6.31. The number of halogens is 1. The van der Waals surface area contributed by atoms with Gasteiger partial charge in [-0.25, -0.2) is 0 Å². The van der Waals surface area contributed by atoms with Gasteiger partial charge in [0.2, 0.25) is 0 Å². The molecule has 1 aromatic rings. The van der Waals surface area contributed by atoms with Crippen molar-refractivity contribution in [1.82, 2.24) is 15.1 Å². The molecule has 0 aliphatic carbocycles. The molecule has 4 nitrogen and oxygen atoms in total. The Labute approximate surface area is 134 Å². The molecular formula is C16H30ClN3O. The van der Waals surface area contributed by atoms with Crippen LogP contribution in [0.5, 0.6) is 0 Å². The zero-order chi connectivity index (χ0) is 15.7. The summed E-state index contributed by atoms with van der Waals surface area (Å²) in [6.45, 7) is 9.06. The van der Waals surface area contributed by atoms with E-state index < -0.39 is 0 Å². The van der Waals surface area contributed by atoms with Gasteiger partial charge in [0.25, 0.3) is 0 Å². The number of ether oxygens (including phenoxy) is 1. The lowest BCUT2D eigenvalue weighted by Crippen LogP contribution is -2.33. The van der Waals surface area contributed by atoms with Gasteiger partial charge in [0.15, 0.2) is 0 Å². The third-order valence-electron chi connectivity index (χ3n) is 3.58. The number of rotatable bonds is 11. The lowest BCUT2D eigenvalue weighted by molar-refractivity contribution is 0.124. The van der Waals surface area contributed by atoms with Crippen LogP contribution in [0.3, 0.4) is 0 Å². The quantitative estimate of drug-likeness (QED) is 0.636. The van der Waals surface area contributed by atoms with E-state index in [4.69, 9.17) is 16.3 Å². The van der Waals surface area contributed by atoms with Gasteiger partial charge in [-0.2, -0.15) is 5.10 Å². The van der Waals surface area contributed by atoms with Crippen LogP contribution in [0, 0.1) is 0 Å². The standard InChI is InChI=1S/C16H30ClN3O/c1-5-9-18-13(8-11-21-10-6-2)12-15-16(17)14(7-3)19-20(15)4/h13,18H,5-12H2,1-4H3. The minimum absolute atomic E-state index is 0.388. The predicted octanol–water partition coefficient (Wildman–Crippen LogP) is 3.36. The summed E-state index contributed by atoms with van der Waals surface area (Å²) in [4.78, 5) is 0. The highest BCUT2D eigenvalue weighted by Gasteiger charge is 2.17. The van der Waals surface area contributed by atoms with E-state index in [1.165, 1.54) is 0 Å². The van der Waals surface area contributed by atoms with E-state index in [-0.39, 0.29) is 0 Å². The van der Waals surface area contributed by atoms with E-state index in [1.54, 1.807) is 0 Å². The number of aromatic nitrogens is 2. The zero-order valence-electron chi connectivity index (χ0n) is 13.9. The third-order valence-corrected chi connectivity index (χ3v) is 4.02. The van der Waals surface area contributed by atoms with E-state index in [2.05, 4.69) is 31.2 Å². The fourth-order valence-electron chi connectivity index (χ4n) is 2.37. The van der Waals surface area contributed by atoms with Crippen molar-refractivity contribution in [2.45, 2.75) is 58.9 Å². The Morgan fingerprint density at radius 1 is 1.24 bits per heavy atom. The maximum Gasteiger partial charge on any atom is 0.0850 e. The van der Waals surface area contributed by atoms with E-state index in [1.807, 2.05) is 11.7 Å². The molecule has 0 radical (unpaired) electrons. The zero-order valence-corrected chi connectivity index (χ0v) is 14.7. The van der Waals surface area contributed by atoms with Gasteiger partial charge in [-0.3, -0.25) is 4.68 Å². The summed E-state index contributed by atoms with van der Waals surface area (Å²) in [6, 6.07) is 0.388. The van der Waals surface area contributed by atoms with Crippen molar-refractivity contribution in [3.05, 3.63) is 16.4 Å². The largest absolute Gasteiger partial charge is 0.381 e. The summed E-state index contributed by atoms with van der Waals surface area (Å²) >= 11 is 6.45. The molecule has 1 aromatic heterocycles. The first kappa shape index (κ1) is 18.5. The molecule has 1 unspecified atom stereocenters. The molecule has 0 saturated heterocycles. The first-order chi connectivity index (χ1) is 10.1. The molecule has 1 atom stereocenters. The van der Waals surface area contributed by atoms with Crippen molar-refractivity contribution in [3.8, 4) is 0 Å². The minimum atomic E-state index is 0.388. The average Bonchev–Trinajstić information content (AvgIpc) is 2.75. The van der Waals surface area contributed by atoms with Crippen molar-refractivity contribution >= 4 is 11.6 Å². The van der Waals surface area contributed by atoms with Gasteiger partial charge in [-0.05, 0) is 32.2 Å². The number of hydrogen-bond donors (Lipinski definition) is 1. The highest BCUT2D eigenvalue weighted by Crippen LogP contribution is 2.22. The second-order valence-electron chi connectivity index (χ2n) is 5.44. The topological polar surface area (TPSA) is 39.1 Å². The highest BCUT2D eigenvalue weighted by atomic mass is 35.5. The van der Waals surface area contributed by atoms with E-state index >= 15 is 0 Å². The molecule has 1 rings (SSSR count). The summed E-state index contributed by atoms with van der Waals surface area (Å²) in [7, 11) is 1.98. The molecule has 1 N–H and O–H groups in total. The van der Waals surface area contributed by atoms with Crippen LogP contribution in [0.2, 0.25) is 5.02 Å². The van der Waals surface area contributed by atoms with Gasteiger partial charge in [0.1, 0.15) is 0 Å². The summed E-state index contributed by atoms with van der Waals surface area (Å²) < 4.78 is 7.55. The number of aryl methyl sites for hydroxylation is 2. The van der Waals surface area contributed by atoms with Gasteiger partial charge < -0.3 is 10.1 Å². The molecule has 0 saturated carbocycles. The molecule has 0 fully saturated rings. The van der Waals surface area contributed by atoms with E-state index in [0.29, 0.717) is 6.04 Å². The molecule has 0 aliphatic heterocycles. The van der Waals surface area contributed by atoms with Crippen molar-refractivity contribution in [2.24, 2.45) is 7.05 Å². The van der Waals surface area contributed by atoms with Gasteiger partial charge in [-0.15, -0.1) is 0 Å². The van der Waals surface area contributed by atoms with Gasteiger partial charge in [-0.1, -0.05) is 32.4 Å². The maximum atomic E-state index is 6.45. The lowest BCUT2D eigenvalue weighted by atomic mass is 10.1. The van der Waals surface area contributed by atoms with Crippen LogP contribution in [0.25, 0.3) is 0 Å². The molecule has 0 bridgehead atoms. The van der Waals surface area contributed by atoms with Crippen molar-refractivity contribution in [1.29, 1.82) is 0 Å². The van der Waals surface area contributed by atoms with E-state index in [0.717, 1.165) is 68.3 Å². The fraction of sp³-hybridized carbons (Fsp3) is 0.812. The molecule has 5 heteroatoms. The van der Waals surface area contributed by atoms with Gasteiger partial charge in [0.05, 0.1) is 16.4 Å². The van der Waals surface area contributed by atoms with Crippen molar-refractivity contribution in [2.75, 3.05) is 19.8 Å². The van der Waals surface area contributed by atoms with Gasteiger partial charge in [0, 0.05) is 32.7 Å².